The minimum absolute atomic E-state index is 0.190. The molecule has 0 N–H and O–H groups in total. The van der Waals surface area contributed by atoms with Crippen molar-refractivity contribution in [1.29, 1.82) is 0 Å². The minimum Gasteiger partial charge on any atom is -0.310 e. The van der Waals surface area contributed by atoms with Crippen LogP contribution in [0.3, 0.4) is 0 Å². The number of halogens is 1. The second kappa shape index (κ2) is 10.0. The molecule has 3 nitrogen and oxygen atoms in total. The maximum atomic E-state index is 13.0. The monoisotopic (exact) mass is 388 g/mol. The highest BCUT2D eigenvalue weighted by Crippen LogP contribution is 2.22. The molecule has 0 atom stereocenters. The molecule has 0 aromatic heterocycles. The van der Waals surface area contributed by atoms with Crippen LogP contribution in [0.15, 0.2) is 59.5 Å². The van der Waals surface area contributed by atoms with Crippen molar-refractivity contribution in [2.24, 2.45) is 0 Å². The first-order valence-corrected chi connectivity index (χ1v) is 10.5. The summed E-state index contributed by atoms with van der Waals surface area (Å²) in [7, 11) is 0. The number of hydrogen-bond acceptors (Lipinski definition) is 3. The number of nitrogens with zero attached hydrogens (tertiary/aromatic N) is 2. The van der Waals surface area contributed by atoms with E-state index < -0.39 is 0 Å². The average Bonchev–Trinajstić information content (AvgIpc) is 2.68. The largest absolute Gasteiger partial charge is 0.310 e. The number of hydrogen-bond donors (Lipinski definition) is 0. The van der Waals surface area contributed by atoms with Crippen LogP contribution in [-0.4, -0.2) is 42.7 Å². The van der Waals surface area contributed by atoms with Crippen LogP contribution < -0.4 is 4.90 Å². The molecule has 1 aliphatic heterocycles. The molecule has 138 valence electrons. The molecule has 1 aliphatic rings. The lowest BCUT2D eigenvalue weighted by Gasteiger charge is -2.29. The van der Waals surface area contributed by atoms with Gasteiger partial charge in [-0.25, -0.2) is 0 Å². The number of carbonyl (C=O) groups is 1. The molecule has 2 aromatic carbocycles. The van der Waals surface area contributed by atoms with Gasteiger partial charge in [0.25, 0.3) is 0 Å². The number of thioether (sulfide) groups is 1. The van der Waals surface area contributed by atoms with E-state index in [9.17, 15) is 4.79 Å². The van der Waals surface area contributed by atoms with Crippen molar-refractivity contribution in [1.82, 2.24) is 4.90 Å². The van der Waals surface area contributed by atoms with E-state index in [1.54, 1.807) is 11.8 Å². The van der Waals surface area contributed by atoms with Crippen molar-refractivity contribution in [2.45, 2.75) is 24.2 Å². The zero-order chi connectivity index (χ0) is 18.2. The third-order valence-electron chi connectivity index (χ3n) is 4.57. The Morgan fingerprint density at radius 2 is 1.69 bits per heavy atom. The lowest BCUT2D eigenvalue weighted by Crippen LogP contribution is -2.43. The fraction of sp³-hybridized carbons (Fsp3) is 0.381. The van der Waals surface area contributed by atoms with E-state index in [-0.39, 0.29) is 5.91 Å². The summed E-state index contributed by atoms with van der Waals surface area (Å²) in [5.41, 5.74) is 0.978. The molecule has 0 unspecified atom stereocenters. The summed E-state index contributed by atoms with van der Waals surface area (Å²) in [6, 6.07) is 17.8. The third kappa shape index (κ3) is 5.76. The average molecular weight is 389 g/mol. The predicted molar refractivity (Wildman–Crippen MR) is 111 cm³/mol. The Kier molecular flexibility index (Phi) is 7.42. The molecule has 1 saturated heterocycles. The van der Waals surface area contributed by atoms with Gasteiger partial charge in [0.15, 0.2) is 0 Å². The summed E-state index contributed by atoms with van der Waals surface area (Å²) in [5.74, 6) is 1.04. The first-order chi connectivity index (χ1) is 12.7. The standard InChI is InChI=1S/C21H25ClN2OS/c22-18-9-11-20(12-10-18)26-16-15-24(19-7-3-1-4-8-19)21(25)17-23-13-5-2-6-14-23/h1,3-4,7-12H,2,5-6,13-17H2. The Balaban J connectivity index is 1.61. The van der Waals surface area contributed by atoms with E-state index >= 15 is 0 Å². The molecule has 1 amide bonds. The topological polar surface area (TPSA) is 23.6 Å². The molecule has 0 aliphatic carbocycles. The third-order valence-corrected chi connectivity index (χ3v) is 5.82. The van der Waals surface area contributed by atoms with Gasteiger partial charge < -0.3 is 4.90 Å². The zero-order valence-electron chi connectivity index (χ0n) is 14.9. The van der Waals surface area contributed by atoms with Gasteiger partial charge in [-0.2, -0.15) is 0 Å². The first kappa shape index (κ1) is 19.3. The highest BCUT2D eigenvalue weighted by Gasteiger charge is 2.20. The van der Waals surface area contributed by atoms with E-state index in [1.807, 2.05) is 59.5 Å². The van der Waals surface area contributed by atoms with Gasteiger partial charge in [0.1, 0.15) is 0 Å². The van der Waals surface area contributed by atoms with Gasteiger partial charge in [0, 0.05) is 27.9 Å². The molecule has 0 bridgehead atoms. The summed E-state index contributed by atoms with van der Waals surface area (Å²) in [4.78, 5) is 18.3. The molecule has 1 fully saturated rings. The molecule has 0 saturated carbocycles. The summed E-state index contributed by atoms with van der Waals surface area (Å²) in [6.07, 6.45) is 3.68. The van der Waals surface area contributed by atoms with Gasteiger partial charge in [0.2, 0.25) is 5.91 Å². The fourth-order valence-corrected chi connectivity index (χ4v) is 4.15. The summed E-state index contributed by atoms with van der Waals surface area (Å²) >= 11 is 7.69. The van der Waals surface area contributed by atoms with Crippen molar-refractivity contribution >= 4 is 35.0 Å². The highest BCUT2D eigenvalue weighted by molar-refractivity contribution is 7.99. The summed E-state index contributed by atoms with van der Waals surface area (Å²) < 4.78 is 0. The van der Waals surface area contributed by atoms with Crippen LogP contribution in [0.25, 0.3) is 0 Å². The molecule has 26 heavy (non-hydrogen) atoms. The lowest BCUT2D eigenvalue weighted by molar-refractivity contribution is -0.119. The fourth-order valence-electron chi connectivity index (χ4n) is 3.19. The highest BCUT2D eigenvalue weighted by atomic mass is 35.5. The quantitative estimate of drug-likeness (QED) is 0.627. The van der Waals surface area contributed by atoms with Gasteiger partial charge >= 0.3 is 0 Å². The van der Waals surface area contributed by atoms with Crippen LogP contribution in [-0.2, 0) is 4.79 Å². The molecular weight excluding hydrogens is 364 g/mol. The number of amides is 1. The maximum Gasteiger partial charge on any atom is 0.241 e. The molecule has 5 heteroatoms. The number of carbonyl (C=O) groups excluding carboxylic acids is 1. The Labute approximate surface area is 165 Å². The number of likely N-dealkylation sites (tertiary alicyclic amines) is 1. The number of rotatable bonds is 7. The van der Waals surface area contributed by atoms with E-state index in [1.165, 1.54) is 24.2 Å². The molecule has 0 spiro atoms. The minimum atomic E-state index is 0.190. The summed E-state index contributed by atoms with van der Waals surface area (Å²) in [5, 5.41) is 0.747. The smallest absolute Gasteiger partial charge is 0.241 e. The van der Waals surface area contributed by atoms with E-state index in [0.29, 0.717) is 13.1 Å². The number of anilines is 1. The van der Waals surface area contributed by atoms with Gasteiger partial charge in [-0.3, -0.25) is 9.69 Å². The Morgan fingerprint density at radius 1 is 1.00 bits per heavy atom. The Hall–Kier alpha value is -1.49. The van der Waals surface area contributed by atoms with Crippen LogP contribution in [0.2, 0.25) is 5.02 Å². The number of para-hydroxylation sites is 1. The van der Waals surface area contributed by atoms with Crippen LogP contribution in [0.5, 0.6) is 0 Å². The molecule has 3 rings (SSSR count). The van der Waals surface area contributed by atoms with Crippen LogP contribution >= 0.6 is 23.4 Å². The predicted octanol–water partition coefficient (Wildman–Crippen LogP) is 4.95. The number of benzene rings is 2. The van der Waals surface area contributed by atoms with E-state index in [0.717, 1.165) is 29.6 Å². The van der Waals surface area contributed by atoms with Crippen molar-refractivity contribution in [3.8, 4) is 0 Å². The van der Waals surface area contributed by atoms with Crippen molar-refractivity contribution < 1.29 is 4.79 Å². The van der Waals surface area contributed by atoms with Crippen LogP contribution in [0.1, 0.15) is 19.3 Å². The van der Waals surface area contributed by atoms with Crippen molar-refractivity contribution in [2.75, 3.05) is 36.8 Å². The second-order valence-electron chi connectivity index (χ2n) is 6.52. The lowest BCUT2D eigenvalue weighted by atomic mass is 10.1. The summed E-state index contributed by atoms with van der Waals surface area (Å²) in [6.45, 7) is 3.28. The van der Waals surface area contributed by atoms with Gasteiger partial charge in [-0.05, 0) is 62.3 Å². The van der Waals surface area contributed by atoms with Gasteiger partial charge in [-0.15, -0.1) is 11.8 Å². The van der Waals surface area contributed by atoms with Crippen LogP contribution in [0, 0.1) is 0 Å². The normalized spacial score (nSPS) is 15.0. The SMILES string of the molecule is O=C(CN1CCCCC1)N(CCSc1ccc(Cl)cc1)c1ccccc1. The number of piperidine rings is 1. The molecule has 1 heterocycles. The zero-order valence-corrected chi connectivity index (χ0v) is 16.5. The van der Waals surface area contributed by atoms with Crippen molar-refractivity contribution in [3.63, 3.8) is 0 Å². The molecule has 0 radical (unpaired) electrons. The van der Waals surface area contributed by atoms with Gasteiger partial charge in [-0.1, -0.05) is 36.2 Å². The van der Waals surface area contributed by atoms with E-state index in [4.69, 9.17) is 11.6 Å². The van der Waals surface area contributed by atoms with E-state index in [2.05, 4.69) is 4.90 Å². The molecular formula is C21H25ClN2OS. The first-order valence-electron chi connectivity index (χ1n) is 9.18. The Morgan fingerprint density at radius 3 is 2.38 bits per heavy atom. The maximum absolute atomic E-state index is 13.0. The van der Waals surface area contributed by atoms with Crippen molar-refractivity contribution in [3.05, 3.63) is 59.6 Å². The van der Waals surface area contributed by atoms with Gasteiger partial charge in [0.05, 0.1) is 6.54 Å². The Bertz CT molecular complexity index is 687. The molecule has 2 aromatic rings. The second-order valence-corrected chi connectivity index (χ2v) is 8.12. The van der Waals surface area contributed by atoms with Crippen LogP contribution in [0.4, 0.5) is 5.69 Å².